The lowest BCUT2D eigenvalue weighted by Crippen LogP contribution is -2.28. The van der Waals surface area contributed by atoms with Gasteiger partial charge in [0, 0.05) is 5.39 Å². The number of anilines is 1. The molecular formula is C20H21N3O4S. The monoisotopic (exact) mass is 399 g/mol. The average Bonchev–Trinajstić information content (AvgIpc) is 3.02. The fourth-order valence-electron chi connectivity index (χ4n) is 2.84. The molecule has 1 amide bonds. The predicted molar refractivity (Wildman–Crippen MR) is 109 cm³/mol. The summed E-state index contributed by atoms with van der Waals surface area (Å²) < 4.78 is 6.34. The van der Waals surface area contributed by atoms with Gasteiger partial charge in [0.05, 0.1) is 23.0 Å². The summed E-state index contributed by atoms with van der Waals surface area (Å²) in [4.78, 5) is 38.0. The van der Waals surface area contributed by atoms with Crippen molar-refractivity contribution in [3.8, 4) is 0 Å². The standard InChI is InChI=1S/C20H21N3O4S/c1-5-27-20(26)17-12(4)10-15(28-17)21-18(24)16-13-8-6-7-9-14(13)19(25)23(22-16)11(2)3/h6-11H,5H2,1-4H3,(H,21,24). The van der Waals surface area contributed by atoms with E-state index in [-0.39, 0.29) is 23.9 Å². The van der Waals surface area contributed by atoms with Crippen LogP contribution in [-0.2, 0) is 4.74 Å². The van der Waals surface area contributed by atoms with Gasteiger partial charge in [0.25, 0.3) is 11.5 Å². The van der Waals surface area contributed by atoms with E-state index in [1.54, 1.807) is 44.2 Å². The lowest BCUT2D eigenvalue weighted by Gasteiger charge is -2.13. The van der Waals surface area contributed by atoms with E-state index in [9.17, 15) is 14.4 Å². The van der Waals surface area contributed by atoms with Crippen molar-refractivity contribution in [3.63, 3.8) is 0 Å². The molecule has 2 heterocycles. The van der Waals surface area contributed by atoms with E-state index >= 15 is 0 Å². The molecule has 0 saturated carbocycles. The second-order valence-corrected chi connectivity index (χ2v) is 7.59. The molecule has 3 aromatic rings. The number of thiophene rings is 1. The maximum absolute atomic E-state index is 12.9. The topological polar surface area (TPSA) is 90.3 Å². The Hall–Kier alpha value is -3.00. The second kappa shape index (κ2) is 7.93. The number of aromatic nitrogens is 2. The van der Waals surface area contributed by atoms with Crippen molar-refractivity contribution in [1.82, 2.24) is 9.78 Å². The molecule has 0 radical (unpaired) electrons. The fourth-order valence-corrected chi connectivity index (χ4v) is 3.80. The Bertz CT molecular complexity index is 1110. The van der Waals surface area contributed by atoms with Gasteiger partial charge in [-0.15, -0.1) is 11.3 Å². The van der Waals surface area contributed by atoms with Crippen LogP contribution in [0, 0.1) is 6.92 Å². The lowest BCUT2D eigenvalue weighted by atomic mass is 10.1. The van der Waals surface area contributed by atoms with Crippen molar-refractivity contribution in [3.05, 3.63) is 56.8 Å². The van der Waals surface area contributed by atoms with Crippen LogP contribution in [0.1, 0.15) is 52.5 Å². The number of carbonyl (C=O) groups is 2. The molecule has 0 aliphatic rings. The Labute approximate surface area is 165 Å². The largest absolute Gasteiger partial charge is 0.462 e. The van der Waals surface area contributed by atoms with Crippen molar-refractivity contribution in [1.29, 1.82) is 0 Å². The maximum atomic E-state index is 12.9. The van der Waals surface area contributed by atoms with Crippen molar-refractivity contribution in [2.24, 2.45) is 0 Å². The Kier molecular flexibility index (Phi) is 5.60. The Morgan fingerprint density at radius 1 is 1.25 bits per heavy atom. The van der Waals surface area contributed by atoms with Gasteiger partial charge >= 0.3 is 5.97 Å². The first-order chi connectivity index (χ1) is 13.3. The number of nitrogens with one attached hydrogen (secondary N) is 1. The minimum Gasteiger partial charge on any atom is -0.462 e. The third kappa shape index (κ3) is 3.68. The van der Waals surface area contributed by atoms with E-state index in [0.29, 0.717) is 20.7 Å². The molecular weight excluding hydrogens is 378 g/mol. The first-order valence-corrected chi connectivity index (χ1v) is 9.75. The number of fused-ring (bicyclic) bond motifs is 1. The predicted octanol–water partition coefficient (Wildman–Crippen LogP) is 3.78. The van der Waals surface area contributed by atoms with Gasteiger partial charge in [-0.1, -0.05) is 18.2 Å². The molecule has 7 nitrogen and oxygen atoms in total. The number of hydrogen-bond donors (Lipinski definition) is 1. The highest BCUT2D eigenvalue weighted by Gasteiger charge is 2.20. The van der Waals surface area contributed by atoms with Crippen LogP contribution in [0.15, 0.2) is 35.1 Å². The van der Waals surface area contributed by atoms with Crippen LogP contribution in [0.25, 0.3) is 10.8 Å². The third-order valence-corrected chi connectivity index (χ3v) is 5.28. The van der Waals surface area contributed by atoms with Crippen molar-refractivity contribution in [2.75, 3.05) is 11.9 Å². The molecule has 0 spiro atoms. The number of ether oxygens (including phenoxy) is 1. The molecule has 2 aromatic heterocycles. The molecule has 0 bridgehead atoms. The molecule has 0 aliphatic heterocycles. The second-order valence-electron chi connectivity index (χ2n) is 6.54. The average molecular weight is 399 g/mol. The van der Waals surface area contributed by atoms with Gasteiger partial charge in [0.2, 0.25) is 0 Å². The van der Waals surface area contributed by atoms with Crippen molar-refractivity contribution < 1.29 is 14.3 Å². The zero-order valence-corrected chi connectivity index (χ0v) is 16.9. The summed E-state index contributed by atoms with van der Waals surface area (Å²) in [6.07, 6.45) is 0. The summed E-state index contributed by atoms with van der Waals surface area (Å²) in [5, 5.41) is 8.52. The molecule has 1 aromatic carbocycles. The molecule has 8 heteroatoms. The smallest absolute Gasteiger partial charge is 0.348 e. The molecule has 0 atom stereocenters. The van der Waals surface area contributed by atoms with Crippen molar-refractivity contribution in [2.45, 2.75) is 33.7 Å². The van der Waals surface area contributed by atoms with E-state index in [4.69, 9.17) is 4.74 Å². The number of benzene rings is 1. The Morgan fingerprint density at radius 2 is 1.93 bits per heavy atom. The van der Waals surface area contributed by atoms with Crippen LogP contribution in [-0.4, -0.2) is 28.3 Å². The number of amides is 1. The van der Waals surface area contributed by atoms with E-state index in [1.807, 2.05) is 13.8 Å². The zero-order chi connectivity index (χ0) is 20.4. The van der Waals surface area contributed by atoms with Crippen LogP contribution >= 0.6 is 11.3 Å². The SMILES string of the molecule is CCOC(=O)c1sc(NC(=O)c2nn(C(C)C)c(=O)c3ccccc23)cc1C. The number of esters is 1. The summed E-state index contributed by atoms with van der Waals surface area (Å²) >= 11 is 1.15. The highest BCUT2D eigenvalue weighted by Crippen LogP contribution is 2.28. The first kappa shape index (κ1) is 19.8. The van der Waals surface area contributed by atoms with Gasteiger partial charge in [0.1, 0.15) is 4.88 Å². The van der Waals surface area contributed by atoms with E-state index in [0.717, 1.165) is 16.9 Å². The third-order valence-electron chi connectivity index (χ3n) is 4.15. The van der Waals surface area contributed by atoms with Crippen LogP contribution in [0.5, 0.6) is 0 Å². The highest BCUT2D eigenvalue weighted by molar-refractivity contribution is 7.18. The van der Waals surface area contributed by atoms with Crippen LogP contribution < -0.4 is 10.9 Å². The number of aryl methyl sites for hydroxylation is 1. The van der Waals surface area contributed by atoms with Crippen LogP contribution in [0.4, 0.5) is 5.00 Å². The van der Waals surface area contributed by atoms with Gasteiger partial charge in [-0.3, -0.25) is 9.59 Å². The maximum Gasteiger partial charge on any atom is 0.348 e. The number of rotatable bonds is 5. The minimum absolute atomic E-state index is 0.160. The summed E-state index contributed by atoms with van der Waals surface area (Å²) in [7, 11) is 0. The molecule has 0 saturated heterocycles. The van der Waals surface area contributed by atoms with Crippen LogP contribution in [0.3, 0.4) is 0 Å². The fraction of sp³-hybridized carbons (Fsp3) is 0.300. The Balaban J connectivity index is 2.01. The number of nitrogens with zero attached hydrogens (tertiary/aromatic N) is 2. The van der Waals surface area contributed by atoms with Gasteiger partial charge < -0.3 is 10.1 Å². The first-order valence-electron chi connectivity index (χ1n) is 8.94. The highest BCUT2D eigenvalue weighted by atomic mass is 32.1. The summed E-state index contributed by atoms with van der Waals surface area (Å²) in [6, 6.07) is 8.42. The van der Waals surface area contributed by atoms with Gasteiger partial charge in [0.15, 0.2) is 5.69 Å². The molecule has 1 N–H and O–H groups in total. The minimum atomic E-state index is -0.442. The zero-order valence-electron chi connectivity index (χ0n) is 16.1. The molecule has 0 unspecified atom stereocenters. The molecule has 3 rings (SSSR count). The molecule has 146 valence electrons. The van der Waals surface area contributed by atoms with E-state index in [1.165, 1.54) is 4.68 Å². The summed E-state index contributed by atoms with van der Waals surface area (Å²) in [5.74, 6) is -0.857. The number of carbonyl (C=O) groups excluding carboxylic acids is 2. The summed E-state index contributed by atoms with van der Waals surface area (Å²) in [5.41, 5.74) is 0.648. The molecule has 0 aliphatic carbocycles. The van der Waals surface area contributed by atoms with Crippen molar-refractivity contribution >= 4 is 39.0 Å². The van der Waals surface area contributed by atoms with E-state index < -0.39 is 11.9 Å². The van der Waals surface area contributed by atoms with Gasteiger partial charge in [-0.05, 0) is 45.4 Å². The van der Waals surface area contributed by atoms with Gasteiger partial charge in [-0.25, -0.2) is 9.48 Å². The lowest BCUT2D eigenvalue weighted by molar-refractivity contribution is 0.0531. The van der Waals surface area contributed by atoms with Gasteiger partial charge in [-0.2, -0.15) is 5.10 Å². The normalized spacial score (nSPS) is 11.0. The molecule has 0 fully saturated rings. The van der Waals surface area contributed by atoms with Crippen LogP contribution in [0.2, 0.25) is 0 Å². The van der Waals surface area contributed by atoms with E-state index in [2.05, 4.69) is 10.4 Å². The molecule has 28 heavy (non-hydrogen) atoms. The Morgan fingerprint density at radius 3 is 2.57 bits per heavy atom. The summed E-state index contributed by atoms with van der Waals surface area (Å²) in [6.45, 7) is 7.47. The quantitative estimate of drug-likeness (QED) is 0.660. The number of hydrogen-bond acceptors (Lipinski definition) is 6.